The van der Waals surface area contributed by atoms with Gasteiger partial charge in [0.15, 0.2) is 0 Å². The fourth-order valence-corrected chi connectivity index (χ4v) is 3.27. The van der Waals surface area contributed by atoms with Crippen LogP contribution in [-0.2, 0) is 4.79 Å². The highest BCUT2D eigenvalue weighted by Gasteiger charge is 2.38. The molecule has 0 aliphatic rings. The Bertz CT molecular complexity index is 986. The summed E-state index contributed by atoms with van der Waals surface area (Å²) in [5.41, 5.74) is -0.873. The van der Waals surface area contributed by atoms with E-state index in [4.69, 9.17) is 5.11 Å². The Kier molecular flexibility index (Phi) is 4.11. The van der Waals surface area contributed by atoms with Crippen LogP contribution in [0.2, 0.25) is 0 Å². The number of halogens is 3. The van der Waals surface area contributed by atoms with E-state index in [0.717, 1.165) is 27.1 Å². The van der Waals surface area contributed by atoms with Gasteiger partial charge in [-0.3, -0.25) is 0 Å². The van der Waals surface area contributed by atoms with Gasteiger partial charge in [0.05, 0.1) is 10.2 Å². The molecule has 0 aliphatic heterocycles. The maximum atomic E-state index is 12.5. The molecule has 3 aromatic rings. The molecule has 1 heterocycles. The van der Waals surface area contributed by atoms with Crippen molar-refractivity contribution in [2.45, 2.75) is 6.18 Å². The van der Waals surface area contributed by atoms with Gasteiger partial charge in [-0.25, -0.2) is 9.78 Å². The average Bonchev–Trinajstić information content (AvgIpc) is 2.93. The van der Waals surface area contributed by atoms with E-state index in [-0.39, 0.29) is 0 Å². The van der Waals surface area contributed by atoms with Gasteiger partial charge in [0.25, 0.3) is 0 Å². The minimum atomic E-state index is -4.90. The lowest BCUT2D eigenvalue weighted by atomic mass is 10.1. The molecule has 0 saturated carbocycles. The number of thiazole rings is 1. The van der Waals surface area contributed by atoms with E-state index in [0.29, 0.717) is 11.1 Å². The second kappa shape index (κ2) is 6.09. The van der Waals surface area contributed by atoms with Gasteiger partial charge in [-0.2, -0.15) is 13.2 Å². The number of rotatable bonds is 3. The Morgan fingerprint density at radius 2 is 1.92 bits per heavy atom. The van der Waals surface area contributed by atoms with E-state index in [1.54, 1.807) is 0 Å². The van der Waals surface area contributed by atoms with Gasteiger partial charge >= 0.3 is 12.1 Å². The third kappa shape index (κ3) is 3.16. The van der Waals surface area contributed by atoms with Crippen LogP contribution in [0.25, 0.3) is 27.1 Å². The molecule has 1 N–H and O–H groups in total. The van der Waals surface area contributed by atoms with Crippen LogP contribution in [0.1, 0.15) is 5.01 Å². The van der Waals surface area contributed by atoms with Crippen LogP contribution >= 0.6 is 11.3 Å². The number of hydrogen-bond acceptors (Lipinski definition) is 3. The molecule has 0 amide bonds. The Balaban J connectivity index is 1.99. The van der Waals surface area contributed by atoms with Crippen LogP contribution in [0, 0.1) is 0 Å². The molecule has 0 radical (unpaired) electrons. The van der Waals surface area contributed by atoms with Crippen molar-refractivity contribution in [1.29, 1.82) is 0 Å². The number of carbonyl (C=O) groups is 1. The summed E-state index contributed by atoms with van der Waals surface area (Å²) in [5, 5.41) is 11.2. The number of aromatic nitrogens is 1. The zero-order valence-electron chi connectivity index (χ0n) is 12.0. The Labute approximate surface area is 138 Å². The third-order valence-electron chi connectivity index (χ3n) is 3.33. The SMILES string of the molecule is O=C(O)C(=CC=Cc1nc2ccc3ccccc3c2s1)C(F)(F)F. The number of carboxylic acids is 1. The fraction of sp³-hybridized carbons (Fsp3) is 0.0588. The lowest BCUT2D eigenvalue weighted by Crippen LogP contribution is -2.19. The van der Waals surface area contributed by atoms with Gasteiger partial charge in [0, 0.05) is 5.39 Å². The summed E-state index contributed by atoms with van der Waals surface area (Å²) in [6.45, 7) is 0. The van der Waals surface area contributed by atoms with Crippen molar-refractivity contribution in [1.82, 2.24) is 4.98 Å². The van der Waals surface area contributed by atoms with E-state index < -0.39 is 17.7 Å². The smallest absolute Gasteiger partial charge is 0.423 e. The number of aliphatic carboxylic acids is 1. The molecule has 0 bridgehead atoms. The minimum Gasteiger partial charge on any atom is -0.478 e. The average molecular weight is 349 g/mol. The van der Waals surface area contributed by atoms with Crippen molar-refractivity contribution in [3.05, 3.63) is 59.1 Å². The summed E-state index contributed by atoms with van der Waals surface area (Å²) in [5.74, 6) is -2.01. The molecular formula is C17H10F3NO2S. The van der Waals surface area contributed by atoms with Crippen LogP contribution in [0.5, 0.6) is 0 Å². The second-order valence-corrected chi connectivity index (χ2v) is 5.96. The first-order chi connectivity index (χ1) is 11.4. The van der Waals surface area contributed by atoms with E-state index in [9.17, 15) is 18.0 Å². The van der Waals surface area contributed by atoms with Crippen molar-refractivity contribution in [3.8, 4) is 0 Å². The molecule has 0 unspecified atom stereocenters. The number of nitrogens with zero attached hydrogens (tertiary/aromatic N) is 1. The number of fused-ring (bicyclic) bond motifs is 3. The van der Waals surface area contributed by atoms with Gasteiger partial charge in [-0.15, -0.1) is 11.3 Å². The third-order valence-corrected chi connectivity index (χ3v) is 4.40. The number of alkyl halides is 3. The Morgan fingerprint density at radius 3 is 2.62 bits per heavy atom. The molecular weight excluding hydrogens is 339 g/mol. The second-order valence-electron chi connectivity index (χ2n) is 4.93. The molecule has 1 aromatic heterocycles. The fourth-order valence-electron chi connectivity index (χ4n) is 2.26. The molecule has 0 fully saturated rings. The Morgan fingerprint density at radius 1 is 1.17 bits per heavy atom. The van der Waals surface area contributed by atoms with Crippen molar-refractivity contribution in [3.63, 3.8) is 0 Å². The predicted octanol–water partition coefficient (Wildman–Crippen LogP) is 5.04. The monoisotopic (exact) mass is 349 g/mol. The first-order valence-electron chi connectivity index (χ1n) is 6.83. The van der Waals surface area contributed by atoms with Gasteiger partial charge in [-0.1, -0.05) is 36.4 Å². The van der Waals surface area contributed by atoms with Crippen LogP contribution in [0.3, 0.4) is 0 Å². The van der Waals surface area contributed by atoms with E-state index in [1.165, 1.54) is 17.4 Å². The van der Waals surface area contributed by atoms with Crippen LogP contribution in [0.15, 0.2) is 54.1 Å². The summed E-state index contributed by atoms with van der Waals surface area (Å²) in [4.78, 5) is 15.0. The van der Waals surface area contributed by atoms with E-state index in [2.05, 4.69) is 4.98 Å². The first kappa shape index (κ1) is 16.2. The molecule has 7 heteroatoms. The normalized spacial score (nSPS) is 13.2. The summed E-state index contributed by atoms with van der Waals surface area (Å²) in [6.07, 6.45) is -1.95. The molecule has 2 aromatic carbocycles. The van der Waals surface area contributed by atoms with E-state index in [1.807, 2.05) is 36.4 Å². The van der Waals surface area contributed by atoms with Gasteiger partial charge in [-0.05, 0) is 23.6 Å². The maximum Gasteiger partial charge on any atom is 0.423 e. The van der Waals surface area contributed by atoms with Crippen molar-refractivity contribution < 1.29 is 23.1 Å². The molecule has 0 aliphatic carbocycles. The first-order valence-corrected chi connectivity index (χ1v) is 7.65. The van der Waals surface area contributed by atoms with Gasteiger partial charge < -0.3 is 5.11 Å². The number of benzene rings is 2. The van der Waals surface area contributed by atoms with Gasteiger partial charge in [0.1, 0.15) is 10.6 Å². The van der Waals surface area contributed by atoms with Crippen LogP contribution in [-0.4, -0.2) is 22.2 Å². The molecule has 24 heavy (non-hydrogen) atoms. The summed E-state index contributed by atoms with van der Waals surface area (Å²) in [6, 6.07) is 11.5. The molecule has 122 valence electrons. The zero-order chi connectivity index (χ0) is 17.3. The molecule has 3 rings (SSSR count). The lowest BCUT2D eigenvalue weighted by molar-refractivity contribution is -0.144. The minimum absolute atomic E-state index is 0.504. The number of hydrogen-bond donors (Lipinski definition) is 1. The van der Waals surface area contributed by atoms with Crippen molar-refractivity contribution >= 4 is 44.4 Å². The zero-order valence-corrected chi connectivity index (χ0v) is 12.9. The Hall–Kier alpha value is -2.67. The predicted molar refractivity (Wildman–Crippen MR) is 87.9 cm³/mol. The number of allylic oxidation sites excluding steroid dienone is 2. The largest absolute Gasteiger partial charge is 0.478 e. The highest BCUT2D eigenvalue weighted by molar-refractivity contribution is 7.20. The van der Waals surface area contributed by atoms with E-state index >= 15 is 0 Å². The van der Waals surface area contributed by atoms with Crippen LogP contribution < -0.4 is 0 Å². The molecule has 0 spiro atoms. The van der Waals surface area contributed by atoms with Crippen molar-refractivity contribution in [2.75, 3.05) is 0 Å². The lowest BCUT2D eigenvalue weighted by Gasteiger charge is -2.04. The van der Waals surface area contributed by atoms with Crippen LogP contribution in [0.4, 0.5) is 13.2 Å². The molecule has 3 nitrogen and oxygen atoms in total. The standard InChI is InChI=1S/C17H10F3NO2S/c18-17(19,20)12(16(22)23)6-3-7-14-21-13-9-8-10-4-1-2-5-11(10)15(13)24-14/h1-9H,(H,22,23). The summed E-state index contributed by atoms with van der Waals surface area (Å²) >= 11 is 1.34. The van der Waals surface area contributed by atoms with Gasteiger partial charge in [0.2, 0.25) is 0 Å². The highest BCUT2D eigenvalue weighted by atomic mass is 32.1. The molecule has 0 atom stereocenters. The molecule has 0 saturated heterocycles. The topological polar surface area (TPSA) is 50.2 Å². The van der Waals surface area contributed by atoms with Crippen molar-refractivity contribution in [2.24, 2.45) is 0 Å². The summed E-state index contributed by atoms with van der Waals surface area (Å²) in [7, 11) is 0. The summed E-state index contributed by atoms with van der Waals surface area (Å²) < 4.78 is 38.6. The quantitative estimate of drug-likeness (QED) is 0.533. The highest BCUT2D eigenvalue weighted by Crippen LogP contribution is 2.31. The maximum absolute atomic E-state index is 12.5. The number of carboxylic acid groups (broad SMARTS) is 1.